The van der Waals surface area contributed by atoms with Crippen molar-refractivity contribution in [2.75, 3.05) is 38.3 Å². The number of anilines is 1. The van der Waals surface area contributed by atoms with Gasteiger partial charge < -0.3 is 24.1 Å². The fourth-order valence-corrected chi connectivity index (χ4v) is 3.21. The van der Waals surface area contributed by atoms with E-state index in [1.165, 1.54) is 19.2 Å². The number of H-pyrrole nitrogens is 1. The van der Waals surface area contributed by atoms with Crippen LogP contribution in [0.25, 0.3) is 11.4 Å². The van der Waals surface area contributed by atoms with E-state index in [1.54, 1.807) is 12.1 Å². The number of benzene rings is 2. The molecule has 1 aromatic heterocycles. The van der Waals surface area contributed by atoms with E-state index in [2.05, 4.69) is 9.97 Å². The monoisotopic (exact) mass is 411 g/mol. The first-order valence-corrected chi connectivity index (χ1v) is 9.63. The Morgan fingerprint density at radius 1 is 1.13 bits per heavy atom. The summed E-state index contributed by atoms with van der Waals surface area (Å²) in [6.45, 7) is 2.83. The van der Waals surface area contributed by atoms with Gasteiger partial charge in [0.05, 0.1) is 20.3 Å². The Labute approximate surface area is 173 Å². The van der Waals surface area contributed by atoms with Crippen LogP contribution in [0.2, 0.25) is 0 Å². The van der Waals surface area contributed by atoms with Gasteiger partial charge in [0, 0.05) is 18.7 Å². The summed E-state index contributed by atoms with van der Waals surface area (Å²) in [5.41, 5.74) is 2.02. The summed E-state index contributed by atoms with van der Waals surface area (Å²) in [6, 6.07) is 13.6. The SMILES string of the molecule is COC(=O)c1[nH]c(-c2ccc(OCc3ccc(F)cc3)cc2)nc1N1CCOCC1. The molecule has 0 amide bonds. The molecule has 0 spiro atoms. The summed E-state index contributed by atoms with van der Waals surface area (Å²) in [7, 11) is 1.35. The summed E-state index contributed by atoms with van der Waals surface area (Å²) < 4.78 is 29.0. The van der Waals surface area contributed by atoms with E-state index in [9.17, 15) is 9.18 Å². The van der Waals surface area contributed by atoms with Gasteiger partial charge >= 0.3 is 5.97 Å². The summed E-state index contributed by atoms with van der Waals surface area (Å²) in [4.78, 5) is 22.0. The van der Waals surface area contributed by atoms with Crippen molar-refractivity contribution in [1.29, 1.82) is 0 Å². The first kappa shape index (κ1) is 19.9. The zero-order chi connectivity index (χ0) is 20.9. The number of methoxy groups -OCH3 is 1. The standard InChI is InChI=1S/C22H22FN3O4/c1-28-22(27)19-21(26-10-12-29-13-11-26)25-20(24-19)16-4-8-18(9-5-16)30-14-15-2-6-17(23)7-3-15/h2-9H,10-14H2,1H3,(H,24,25). The molecule has 156 valence electrons. The highest BCUT2D eigenvalue weighted by molar-refractivity contribution is 5.94. The molecule has 0 atom stereocenters. The number of aromatic nitrogens is 2. The minimum Gasteiger partial charge on any atom is -0.489 e. The first-order chi connectivity index (χ1) is 14.6. The molecule has 1 aliphatic rings. The van der Waals surface area contributed by atoms with Crippen LogP contribution in [0.5, 0.6) is 5.75 Å². The third-order valence-corrected chi connectivity index (χ3v) is 4.83. The Kier molecular flexibility index (Phi) is 5.94. The number of ether oxygens (including phenoxy) is 3. The maximum absolute atomic E-state index is 13.0. The highest BCUT2D eigenvalue weighted by Gasteiger charge is 2.24. The van der Waals surface area contributed by atoms with E-state index < -0.39 is 5.97 Å². The van der Waals surface area contributed by atoms with E-state index in [4.69, 9.17) is 14.2 Å². The van der Waals surface area contributed by atoms with E-state index in [0.717, 1.165) is 11.1 Å². The van der Waals surface area contributed by atoms with Crippen LogP contribution in [0.15, 0.2) is 48.5 Å². The Morgan fingerprint density at radius 2 is 1.83 bits per heavy atom. The van der Waals surface area contributed by atoms with Crippen molar-refractivity contribution in [3.05, 3.63) is 65.6 Å². The maximum atomic E-state index is 13.0. The number of hydrogen-bond acceptors (Lipinski definition) is 6. The third kappa shape index (κ3) is 4.44. The zero-order valence-corrected chi connectivity index (χ0v) is 16.6. The fraction of sp³-hybridized carbons (Fsp3) is 0.273. The second kappa shape index (κ2) is 8.96. The molecule has 1 fully saturated rings. The summed E-state index contributed by atoms with van der Waals surface area (Å²) >= 11 is 0. The number of morpholine rings is 1. The van der Waals surface area contributed by atoms with Gasteiger partial charge in [0.25, 0.3) is 0 Å². The number of esters is 1. The van der Waals surface area contributed by atoms with E-state index in [0.29, 0.717) is 56.0 Å². The Morgan fingerprint density at radius 3 is 2.50 bits per heavy atom. The van der Waals surface area contributed by atoms with Gasteiger partial charge in [-0.2, -0.15) is 0 Å². The second-order valence-corrected chi connectivity index (χ2v) is 6.81. The molecular weight excluding hydrogens is 389 g/mol. The lowest BCUT2D eigenvalue weighted by Gasteiger charge is -2.27. The zero-order valence-electron chi connectivity index (χ0n) is 16.6. The largest absolute Gasteiger partial charge is 0.489 e. The highest BCUT2D eigenvalue weighted by Crippen LogP contribution is 2.27. The molecule has 2 aromatic carbocycles. The Bertz CT molecular complexity index is 996. The molecule has 1 saturated heterocycles. The molecule has 8 heteroatoms. The molecule has 3 aromatic rings. The normalized spacial score (nSPS) is 13.9. The minimum atomic E-state index is -0.463. The molecule has 4 rings (SSSR count). The molecule has 30 heavy (non-hydrogen) atoms. The third-order valence-electron chi connectivity index (χ3n) is 4.83. The maximum Gasteiger partial charge on any atom is 0.358 e. The average Bonchev–Trinajstić information content (AvgIpc) is 3.25. The van der Waals surface area contributed by atoms with Gasteiger partial charge in [-0.3, -0.25) is 0 Å². The topological polar surface area (TPSA) is 76.7 Å². The lowest BCUT2D eigenvalue weighted by atomic mass is 10.2. The van der Waals surface area contributed by atoms with Crippen molar-refractivity contribution < 1.29 is 23.4 Å². The van der Waals surface area contributed by atoms with Crippen molar-refractivity contribution in [2.45, 2.75) is 6.61 Å². The lowest BCUT2D eigenvalue weighted by molar-refractivity contribution is 0.0594. The molecular formula is C22H22FN3O4. The van der Waals surface area contributed by atoms with E-state index >= 15 is 0 Å². The second-order valence-electron chi connectivity index (χ2n) is 6.81. The van der Waals surface area contributed by atoms with Crippen LogP contribution < -0.4 is 9.64 Å². The van der Waals surface area contributed by atoms with Gasteiger partial charge in [-0.25, -0.2) is 14.2 Å². The molecule has 0 saturated carbocycles. The van der Waals surface area contributed by atoms with E-state index in [-0.39, 0.29) is 5.82 Å². The van der Waals surface area contributed by atoms with Crippen LogP contribution in [0.1, 0.15) is 16.1 Å². The molecule has 1 aliphatic heterocycles. The quantitative estimate of drug-likeness (QED) is 0.627. The van der Waals surface area contributed by atoms with Crippen LogP contribution in [0.3, 0.4) is 0 Å². The lowest BCUT2D eigenvalue weighted by Crippen LogP contribution is -2.37. The summed E-state index contributed by atoms with van der Waals surface area (Å²) in [6.07, 6.45) is 0. The average molecular weight is 411 g/mol. The minimum absolute atomic E-state index is 0.274. The molecule has 2 heterocycles. The van der Waals surface area contributed by atoms with Gasteiger partial charge in [0.15, 0.2) is 11.5 Å². The van der Waals surface area contributed by atoms with Crippen molar-refractivity contribution in [3.8, 4) is 17.1 Å². The number of aromatic amines is 1. The van der Waals surface area contributed by atoms with Crippen LogP contribution in [0.4, 0.5) is 10.2 Å². The van der Waals surface area contributed by atoms with Crippen molar-refractivity contribution in [2.24, 2.45) is 0 Å². The van der Waals surface area contributed by atoms with Gasteiger partial charge in [-0.15, -0.1) is 0 Å². The van der Waals surface area contributed by atoms with Crippen LogP contribution in [-0.4, -0.2) is 49.4 Å². The Balaban J connectivity index is 1.51. The van der Waals surface area contributed by atoms with Crippen LogP contribution >= 0.6 is 0 Å². The predicted octanol–water partition coefficient (Wildman–Crippen LogP) is 3.42. The molecule has 0 unspecified atom stereocenters. The molecule has 7 nitrogen and oxygen atoms in total. The number of nitrogens with one attached hydrogen (secondary N) is 1. The highest BCUT2D eigenvalue weighted by atomic mass is 19.1. The Hall–Kier alpha value is -3.39. The summed E-state index contributed by atoms with van der Waals surface area (Å²) in [5, 5.41) is 0. The number of carbonyl (C=O) groups excluding carboxylic acids is 1. The molecule has 0 radical (unpaired) electrons. The van der Waals surface area contributed by atoms with Crippen LogP contribution in [0, 0.1) is 5.82 Å². The van der Waals surface area contributed by atoms with Gasteiger partial charge in [-0.1, -0.05) is 12.1 Å². The number of halogens is 1. The molecule has 0 aliphatic carbocycles. The van der Waals surface area contributed by atoms with Crippen molar-refractivity contribution in [3.63, 3.8) is 0 Å². The van der Waals surface area contributed by atoms with Crippen molar-refractivity contribution >= 4 is 11.8 Å². The molecule has 1 N–H and O–H groups in total. The predicted molar refractivity (Wildman–Crippen MR) is 109 cm³/mol. The van der Waals surface area contributed by atoms with Crippen LogP contribution in [-0.2, 0) is 16.1 Å². The number of carbonyl (C=O) groups is 1. The first-order valence-electron chi connectivity index (χ1n) is 9.63. The number of imidazole rings is 1. The smallest absolute Gasteiger partial charge is 0.358 e. The van der Waals surface area contributed by atoms with Crippen molar-refractivity contribution in [1.82, 2.24) is 9.97 Å². The van der Waals surface area contributed by atoms with Gasteiger partial charge in [0.2, 0.25) is 0 Å². The summed E-state index contributed by atoms with van der Waals surface area (Å²) in [5.74, 6) is 1.08. The van der Waals surface area contributed by atoms with Gasteiger partial charge in [-0.05, 0) is 42.0 Å². The number of rotatable bonds is 6. The van der Waals surface area contributed by atoms with E-state index in [1.807, 2.05) is 29.2 Å². The number of hydrogen-bond donors (Lipinski definition) is 1. The fourth-order valence-electron chi connectivity index (χ4n) is 3.21. The van der Waals surface area contributed by atoms with Gasteiger partial charge in [0.1, 0.15) is 24.0 Å². The molecule has 0 bridgehead atoms. The number of nitrogens with zero attached hydrogens (tertiary/aromatic N) is 2.